The van der Waals surface area contributed by atoms with Crippen LogP contribution in [-0.4, -0.2) is 4.57 Å². The van der Waals surface area contributed by atoms with Crippen molar-refractivity contribution in [1.82, 2.24) is 4.57 Å². The third-order valence-electron chi connectivity index (χ3n) is 3.29. The van der Waals surface area contributed by atoms with Gasteiger partial charge >= 0.3 is 0 Å². The van der Waals surface area contributed by atoms with E-state index in [0.717, 1.165) is 6.42 Å². The van der Waals surface area contributed by atoms with Crippen LogP contribution >= 0.6 is 0 Å². The highest BCUT2D eigenvalue weighted by Crippen LogP contribution is 2.33. The summed E-state index contributed by atoms with van der Waals surface area (Å²) in [6, 6.07) is 0. The predicted octanol–water partition coefficient (Wildman–Crippen LogP) is 4.66. The van der Waals surface area contributed by atoms with Gasteiger partial charge in [0.05, 0.1) is 0 Å². The van der Waals surface area contributed by atoms with Gasteiger partial charge in [-0.2, -0.15) is 0 Å². The molecule has 0 amide bonds. The number of rotatable bonds is 2. The first-order chi connectivity index (χ1) is 7.97. The zero-order valence-electron chi connectivity index (χ0n) is 11.8. The number of aromatic nitrogens is 1. The van der Waals surface area contributed by atoms with Crippen molar-refractivity contribution in [2.24, 2.45) is 7.05 Å². The zero-order valence-corrected chi connectivity index (χ0v) is 11.8. The minimum Gasteiger partial charge on any atom is -0.354 e. The van der Waals surface area contributed by atoms with E-state index in [9.17, 15) is 0 Å². The summed E-state index contributed by atoms with van der Waals surface area (Å²) < 4.78 is 2.19. The van der Waals surface area contributed by atoms with Crippen molar-refractivity contribution in [2.45, 2.75) is 46.5 Å². The van der Waals surface area contributed by atoms with Gasteiger partial charge in [-0.3, -0.25) is 0 Å². The summed E-state index contributed by atoms with van der Waals surface area (Å²) in [5, 5.41) is 0. The maximum atomic E-state index is 4.06. The molecular weight excluding hydrogens is 206 g/mol. The molecule has 1 aliphatic rings. The largest absolute Gasteiger partial charge is 0.354 e. The molecule has 2 rings (SSSR count). The van der Waals surface area contributed by atoms with Crippen molar-refractivity contribution in [3.05, 3.63) is 41.7 Å². The molecule has 1 aliphatic carbocycles. The Morgan fingerprint density at radius 2 is 2.06 bits per heavy atom. The summed E-state index contributed by atoms with van der Waals surface area (Å²) >= 11 is 0. The Balaban J connectivity index is 0.000000209. The summed E-state index contributed by atoms with van der Waals surface area (Å²) in [4.78, 5) is 0. The van der Waals surface area contributed by atoms with E-state index in [-0.39, 0.29) is 0 Å². The van der Waals surface area contributed by atoms with Crippen molar-refractivity contribution in [3.8, 4) is 0 Å². The molecule has 0 fully saturated rings. The maximum absolute atomic E-state index is 4.06. The van der Waals surface area contributed by atoms with Crippen LogP contribution in [0.1, 0.15) is 49.9 Å². The monoisotopic (exact) mass is 231 g/mol. The van der Waals surface area contributed by atoms with Crippen LogP contribution in [0.2, 0.25) is 0 Å². The maximum Gasteiger partial charge on any atom is 0.0218 e. The quantitative estimate of drug-likeness (QED) is 0.653. The second-order valence-electron chi connectivity index (χ2n) is 5.04. The molecule has 0 bridgehead atoms. The van der Waals surface area contributed by atoms with Crippen molar-refractivity contribution < 1.29 is 0 Å². The lowest BCUT2D eigenvalue weighted by atomic mass is 10.1. The van der Waals surface area contributed by atoms with E-state index in [1.807, 2.05) is 0 Å². The van der Waals surface area contributed by atoms with Gasteiger partial charge < -0.3 is 4.57 Å². The average molecular weight is 231 g/mol. The molecular formula is C16H25N. The molecule has 17 heavy (non-hydrogen) atoms. The highest BCUT2D eigenvalue weighted by atomic mass is 14.9. The van der Waals surface area contributed by atoms with Gasteiger partial charge in [0, 0.05) is 24.5 Å². The normalized spacial score (nSPS) is 13.1. The fourth-order valence-electron chi connectivity index (χ4n) is 2.31. The third kappa shape index (κ3) is 3.36. The molecule has 1 nitrogen and oxygen atoms in total. The van der Waals surface area contributed by atoms with Gasteiger partial charge in [-0.05, 0) is 44.2 Å². The molecule has 1 aromatic rings. The van der Waals surface area contributed by atoms with Crippen molar-refractivity contribution in [3.63, 3.8) is 0 Å². The molecule has 0 unspecified atom stereocenters. The van der Waals surface area contributed by atoms with Gasteiger partial charge in [0.2, 0.25) is 0 Å². The van der Waals surface area contributed by atoms with Crippen molar-refractivity contribution in [1.29, 1.82) is 0 Å². The number of fused-ring (bicyclic) bond motifs is 1. The third-order valence-corrected chi connectivity index (χ3v) is 3.29. The summed E-state index contributed by atoms with van der Waals surface area (Å²) in [5.74, 6) is 0. The van der Waals surface area contributed by atoms with E-state index < -0.39 is 0 Å². The minimum atomic E-state index is 1.16. The predicted molar refractivity (Wildman–Crippen MR) is 77.2 cm³/mol. The lowest BCUT2D eigenvalue weighted by Crippen LogP contribution is -1.90. The van der Waals surface area contributed by atoms with Crippen LogP contribution in [0.5, 0.6) is 0 Å². The van der Waals surface area contributed by atoms with Gasteiger partial charge in [-0.1, -0.05) is 25.5 Å². The Morgan fingerprint density at radius 1 is 1.41 bits per heavy atom. The van der Waals surface area contributed by atoms with Crippen LogP contribution in [0.15, 0.2) is 24.9 Å². The number of hydrogen-bond acceptors (Lipinski definition) is 0. The van der Waals surface area contributed by atoms with Crippen LogP contribution in [0, 0.1) is 6.92 Å². The average Bonchev–Trinajstić information content (AvgIpc) is 2.72. The highest BCUT2D eigenvalue weighted by molar-refractivity contribution is 5.72. The molecule has 1 heteroatoms. The molecule has 0 saturated carbocycles. The molecule has 0 aliphatic heterocycles. The molecule has 1 aromatic heterocycles. The highest BCUT2D eigenvalue weighted by Gasteiger charge is 2.19. The molecule has 0 aromatic carbocycles. The first kappa shape index (κ1) is 13.8. The topological polar surface area (TPSA) is 4.93 Å². The van der Waals surface area contributed by atoms with Crippen LogP contribution in [0.3, 0.4) is 0 Å². The van der Waals surface area contributed by atoms with E-state index in [1.165, 1.54) is 47.2 Å². The van der Waals surface area contributed by atoms with E-state index in [4.69, 9.17) is 0 Å². The molecule has 0 saturated heterocycles. The number of nitrogens with zero attached hydrogens (tertiary/aromatic N) is 1. The lowest BCUT2D eigenvalue weighted by molar-refractivity contribution is 0.869. The van der Waals surface area contributed by atoms with Gasteiger partial charge in [-0.25, -0.2) is 0 Å². The second kappa shape index (κ2) is 5.90. The van der Waals surface area contributed by atoms with Crippen molar-refractivity contribution >= 4 is 5.57 Å². The van der Waals surface area contributed by atoms with Gasteiger partial charge in [0.15, 0.2) is 0 Å². The Bertz CT molecular complexity index is 421. The number of aryl methyl sites for hydroxylation is 2. The zero-order chi connectivity index (χ0) is 13.0. The smallest absolute Gasteiger partial charge is 0.0218 e. The fourth-order valence-corrected chi connectivity index (χ4v) is 2.31. The Labute approximate surface area is 106 Å². The molecule has 0 radical (unpaired) electrons. The Hall–Kier alpha value is -1.24. The summed E-state index contributed by atoms with van der Waals surface area (Å²) in [6.45, 7) is 14.2. The van der Waals surface area contributed by atoms with Crippen LogP contribution in [-0.2, 0) is 13.5 Å². The number of hydrogen-bond donors (Lipinski definition) is 0. The SMILES string of the molecule is C=C(C)CCC.C=C1CCc2cn(C)c(C)c21. The summed E-state index contributed by atoms with van der Waals surface area (Å²) in [6.07, 6.45) is 6.99. The van der Waals surface area contributed by atoms with Gasteiger partial charge in [-0.15, -0.1) is 6.58 Å². The van der Waals surface area contributed by atoms with E-state index in [2.05, 4.69) is 51.7 Å². The molecule has 1 heterocycles. The van der Waals surface area contributed by atoms with E-state index in [0.29, 0.717) is 0 Å². The molecule has 94 valence electrons. The second-order valence-corrected chi connectivity index (χ2v) is 5.04. The fraction of sp³-hybridized carbons (Fsp3) is 0.500. The Kier molecular flexibility index (Phi) is 4.80. The summed E-state index contributed by atoms with van der Waals surface area (Å²) in [7, 11) is 2.10. The standard InChI is InChI=1S/C10H13N.C6H12/c1-7-4-5-9-6-11(3)8(2)10(7)9;1-4-5-6(2)3/h6H,1,4-5H2,2-3H3;2,4-5H2,1,3H3. The lowest BCUT2D eigenvalue weighted by Gasteiger charge is -1.99. The van der Waals surface area contributed by atoms with Gasteiger partial charge in [0.1, 0.15) is 0 Å². The van der Waals surface area contributed by atoms with Crippen LogP contribution in [0.25, 0.3) is 5.57 Å². The van der Waals surface area contributed by atoms with Crippen LogP contribution in [0.4, 0.5) is 0 Å². The van der Waals surface area contributed by atoms with Gasteiger partial charge in [0.25, 0.3) is 0 Å². The first-order valence-corrected chi connectivity index (χ1v) is 6.44. The summed E-state index contributed by atoms with van der Waals surface area (Å²) in [5.41, 5.74) is 6.88. The molecule has 0 spiro atoms. The molecule has 0 N–H and O–H groups in total. The van der Waals surface area contributed by atoms with E-state index in [1.54, 1.807) is 0 Å². The minimum absolute atomic E-state index is 1.16. The first-order valence-electron chi connectivity index (χ1n) is 6.44. The molecule has 0 atom stereocenters. The Morgan fingerprint density at radius 3 is 2.47 bits per heavy atom. The van der Waals surface area contributed by atoms with Crippen molar-refractivity contribution in [2.75, 3.05) is 0 Å². The number of allylic oxidation sites excluding steroid dienone is 2. The van der Waals surface area contributed by atoms with Crippen LogP contribution < -0.4 is 0 Å². The van der Waals surface area contributed by atoms with E-state index >= 15 is 0 Å².